The number of carboxylic acid groups (broad SMARTS) is 1. The van der Waals surface area contributed by atoms with E-state index in [1.54, 1.807) is 0 Å². The molecule has 76 valence electrons. The van der Waals surface area contributed by atoms with Crippen molar-refractivity contribution in [3.63, 3.8) is 0 Å². The number of hydrogen-bond donors (Lipinski definition) is 2. The first-order chi connectivity index (χ1) is 6.02. The lowest BCUT2D eigenvalue weighted by Crippen LogP contribution is -2.25. The molecule has 0 aromatic rings. The summed E-state index contributed by atoms with van der Waals surface area (Å²) in [6.07, 6.45) is -0.218. The summed E-state index contributed by atoms with van der Waals surface area (Å²) in [7, 11) is 0. The topological polar surface area (TPSA) is 75.6 Å². The summed E-state index contributed by atoms with van der Waals surface area (Å²) >= 11 is 0. The Morgan fingerprint density at radius 3 is 2.46 bits per heavy atom. The Morgan fingerprint density at radius 2 is 2.00 bits per heavy atom. The van der Waals surface area contributed by atoms with Crippen LogP contribution in [0.4, 0.5) is 0 Å². The number of rotatable bonds is 6. The Morgan fingerprint density at radius 1 is 1.38 bits per heavy atom. The molecule has 1 amide bonds. The van der Waals surface area contributed by atoms with E-state index in [1.165, 1.54) is 0 Å². The highest BCUT2D eigenvalue weighted by atomic mass is 16.6. The normalized spacial score (nSPS) is 10.1. The van der Waals surface area contributed by atoms with Gasteiger partial charge in [-0.05, 0) is 5.92 Å². The van der Waals surface area contributed by atoms with Crippen molar-refractivity contribution < 1.29 is 19.5 Å². The van der Waals surface area contributed by atoms with Crippen LogP contribution in [0.1, 0.15) is 26.7 Å². The van der Waals surface area contributed by atoms with Gasteiger partial charge in [0.1, 0.15) is 0 Å². The molecule has 0 rings (SSSR count). The maximum atomic E-state index is 10.8. The van der Waals surface area contributed by atoms with Crippen LogP contribution in [0.2, 0.25) is 0 Å². The Bertz CT molecular complexity index is 179. The lowest BCUT2D eigenvalue weighted by Gasteiger charge is -2.06. The second kappa shape index (κ2) is 6.42. The quantitative estimate of drug-likeness (QED) is 0.598. The summed E-state index contributed by atoms with van der Waals surface area (Å²) in [5.74, 6) is -1.05. The van der Waals surface area contributed by atoms with Crippen molar-refractivity contribution in [2.45, 2.75) is 26.7 Å². The molecule has 0 aromatic heterocycles. The van der Waals surface area contributed by atoms with E-state index in [-0.39, 0.29) is 12.8 Å². The number of carbonyl (C=O) groups is 2. The van der Waals surface area contributed by atoms with Crippen molar-refractivity contribution in [3.05, 3.63) is 0 Å². The fourth-order valence-electron chi connectivity index (χ4n) is 0.560. The summed E-state index contributed by atoms with van der Waals surface area (Å²) in [5, 5.41) is 8.26. The maximum absolute atomic E-state index is 10.8. The smallest absolute Gasteiger partial charge is 0.303 e. The summed E-state index contributed by atoms with van der Waals surface area (Å²) in [5.41, 5.74) is 2.17. The van der Waals surface area contributed by atoms with E-state index in [2.05, 4.69) is 5.48 Å². The zero-order valence-corrected chi connectivity index (χ0v) is 7.87. The molecule has 13 heavy (non-hydrogen) atoms. The van der Waals surface area contributed by atoms with Gasteiger partial charge in [-0.1, -0.05) is 13.8 Å². The highest BCUT2D eigenvalue weighted by Gasteiger charge is 2.04. The van der Waals surface area contributed by atoms with E-state index >= 15 is 0 Å². The molecule has 0 saturated carbocycles. The van der Waals surface area contributed by atoms with Crippen LogP contribution in [0.5, 0.6) is 0 Å². The van der Waals surface area contributed by atoms with Crippen LogP contribution in [0.15, 0.2) is 0 Å². The number of aliphatic carboxylic acids is 1. The van der Waals surface area contributed by atoms with Gasteiger partial charge in [0.15, 0.2) is 0 Å². The third-order valence-corrected chi connectivity index (χ3v) is 1.17. The molecule has 5 nitrogen and oxygen atoms in total. The van der Waals surface area contributed by atoms with E-state index in [4.69, 9.17) is 9.94 Å². The lowest BCUT2D eigenvalue weighted by molar-refractivity contribution is -0.141. The van der Waals surface area contributed by atoms with E-state index in [1.807, 2.05) is 13.8 Å². The molecule has 0 bridgehead atoms. The van der Waals surface area contributed by atoms with Gasteiger partial charge in [-0.2, -0.15) is 0 Å². The fraction of sp³-hybridized carbons (Fsp3) is 0.750. The van der Waals surface area contributed by atoms with Gasteiger partial charge < -0.3 is 5.11 Å². The Hall–Kier alpha value is -1.10. The van der Waals surface area contributed by atoms with Crippen LogP contribution < -0.4 is 5.48 Å². The minimum absolute atomic E-state index is 0.0482. The van der Waals surface area contributed by atoms with Gasteiger partial charge in [-0.3, -0.25) is 14.4 Å². The molecule has 0 fully saturated rings. The third-order valence-electron chi connectivity index (χ3n) is 1.17. The van der Waals surface area contributed by atoms with Crippen molar-refractivity contribution in [2.75, 3.05) is 6.61 Å². The fourth-order valence-corrected chi connectivity index (χ4v) is 0.560. The molecule has 0 atom stereocenters. The number of amides is 1. The van der Waals surface area contributed by atoms with Gasteiger partial charge in [-0.25, -0.2) is 5.48 Å². The van der Waals surface area contributed by atoms with Crippen LogP contribution in [0.3, 0.4) is 0 Å². The van der Waals surface area contributed by atoms with Crippen LogP contribution >= 0.6 is 0 Å². The van der Waals surface area contributed by atoms with E-state index in [0.717, 1.165) is 0 Å². The molecule has 0 heterocycles. The zero-order valence-electron chi connectivity index (χ0n) is 7.87. The maximum Gasteiger partial charge on any atom is 0.303 e. The van der Waals surface area contributed by atoms with Crippen molar-refractivity contribution in [1.82, 2.24) is 5.48 Å². The van der Waals surface area contributed by atoms with Crippen molar-refractivity contribution in [3.8, 4) is 0 Å². The van der Waals surface area contributed by atoms with Gasteiger partial charge in [0.25, 0.3) is 0 Å². The van der Waals surface area contributed by atoms with Crippen LogP contribution in [0, 0.1) is 5.92 Å². The molecule has 0 aliphatic carbocycles. The molecule has 0 saturated heterocycles. The van der Waals surface area contributed by atoms with E-state index < -0.39 is 11.9 Å². The monoisotopic (exact) mass is 189 g/mol. The first-order valence-electron chi connectivity index (χ1n) is 4.14. The Labute approximate surface area is 77.0 Å². The van der Waals surface area contributed by atoms with Crippen molar-refractivity contribution >= 4 is 11.9 Å². The number of nitrogens with one attached hydrogen (secondary N) is 1. The largest absolute Gasteiger partial charge is 0.481 e. The van der Waals surface area contributed by atoms with Gasteiger partial charge in [0.05, 0.1) is 13.0 Å². The summed E-state index contributed by atoms with van der Waals surface area (Å²) in [6, 6.07) is 0. The standard InChI is InChI=1S/C8H15NO4/c1-6(2)5-13-9-7(10)3-4-8(11)12/h6H,3-5H2,1-2H3,(H,9,10)(H,11,12). The van der Waals surface area contributed by atoms with Crippen LogP contribution in [-0.4, -0.2) is 23.6 Å². The molecular formula is C8H15NO4. The lowest BCUT2D eigenvalue weighted by atomic mass is 10.2. The highest BCUT2D eigenvalue weighted by molar-refractivity contribution is 5.79. The third kappa shape index (κ3) is 8.81. The first kappa shape index (κ1) is 11.9. The van der Waals surface area contributed by atoms with Crippen LogP contribution in [-0.2, 0) is 14.4 Å². The average Bonchev–Trinajstić information content (AvgIpc) is 2.00. The molecule has 2 N–H and O–H groups in total. The number of hydroxylamine groups is 1. The minimum Gasteiger partial charge on any atom is -0.481 e. The molecule has 0 radical (unpaired) electrons. The molecular weight excluding hydrogens is 174 g/mol. The molecule has 0 aromatic carbocycles. The van der Waals surface area contributed by atoms with E-state index in [9.17, 15) is 9.59 Å². The van der Waals surface area contributed by atoms with Crippen molar-refractivity contribution in [2.24, 2.45) is 5.92 Å². The predicted molar refractivity (Wildman–Crippen MR) is 45.8 cm³/mol. The van der Waals surface area contributed by atoms with Gasteiger partial charge in [0, 0.05) is 6.42 Å². The molecule has 0 aliphatic heterocycles. The number of carbonyl (C=O) groups excluding carboxylic acids is 1. The highest BCUT2D eigenvalue weighted by Crippen LogP contribution is 1.92. The molecule has 0 spiro atoms. The Kier molecular flexibility index (Phi) is 5.88. The van der Waals surface area contributed by atoms with Crippen molar-refractivity contribution in [1.29, 1.82) is 0 Å². The second-order valence-electron chi connectivity index (χ2n) is 3.12. The van der Waals surface area contributed by atoms with Crippen LogP contribution in [0.25, 0.3) is 0 Å². The summed E-state index contributed by atoms with van der Waals surface area (Å²) in [6.45, 7) is 4.33. The van der Waals surface area contributed by atoms with Gasteiger partial charge in [0.2, 0.25) is 5.91 Å². The van der Waals surface area contributed by atoms with E-state index in [0.29, 0.717) is 12.5 Å². The SMILES string of the molecule is CC(C)CONC(=O)CCC(=O)O. The molecule has 0 unspecified atom stereocenters. The van der Waals surface area contributed by atoms with Gasteiger partial charge in [-0.15, -0.1) is 0 Å². The van der Waals surface area contributed by atoms with Gasteiger partial charge >= 0.3 is 5.97 Å². The summed E-state index contributed by atoms with van der Waals surface area (Å²) < 4.78 is 0. The zero-order chi connectivity index (χ0) is 10.3. The predicted octanol–water partition coefficient (Wildman–Crippen LogP) is 0.555. The number of hydrogen-bond acceptors (Lipinski definition) is 3. The minimum atomic E-state index is -0.987. The molecule has 5 heteroatoms. The molecule has 0 aliphatic rings. The summed E-state index contributed by atoms with van der Waals surface area (Å²) in [4.78, 5) is 25.7. The Balaban J connectivity index is 3.36. The number of carboxylic acids is 1. The first-order valence-corrected chi connectivity index (χ1v) is 4.14. The second-order valence-corrected chi connectivity index (χ2v) is 3.12. The average molecular weight is 189 g/mol.